The fourth-order valence-electron chi connectivity index (χ4n) is 1.27. The van der Waals surface area contributed by atoms with Crippen LogP contribution >= 0.6 is 34.2 Å². The van der Waals surface area contributed by atoms with E-state index in [2.05, 4.69) is 22.6 Å². The number of aromatic nitrogens is 1. The predicted octanol–water partition coefficient (Wildman–Crippen LogP) is 2.98. The first kappa shape index (κ1) is 11.9. The summed E-state index contributed by atoms with van der Waals surface area (Å²) in [5.41, 5.74) is 0. The Morgan fingerprint density at radius 2 is 1.88 bits per heavy atom. The highest BCUT2D eigenvalue weighted by Gasteiger charge is 2.19. The van der Waals surface area contributed by atoms with Crippen LogP contribution in [0.5, 0.6) is 0 Å². The summed E-state index contributed by atoms with van der Waals surface area (Å²) in [7, 11) is -3.57. The molecule has 2 rings (SSSR count). The predicted molar refractivity (Wildman–Crippen MR) is 71.2 cm³/mol. The van der Waals surface area contributed by atoms with E-state index in [9.17, 15) is 8.42 Å². The van der Waals surface area contributed by atoms with E-state index >= 15 is 0 Å². The molecule has 0 aliphatic heterocycles. The molecule has 84 valence electrons. The summed E-state index contributed by atoms with van der Waals surface area (Å²) in [4.78, 5) is 0.115. The molecule has 6 heteroatoms. The van der Waals surface area contributed by atoms with Gasteiger partial charge in [0.2, 0.25) is 0 Å². The van der Waals surface area contributed by atoms with Crippen molar-refractivity contribution in [3.63, 3.8) is 0 Å². The fraction of sp³-hybridized carbons (Fsp3) is 0. The Morgan fingerprint density at radius 3 is 2.44 bits per heavy atom. The molecule has 3 nitrogen and oxygen atoms in total. The van der Waals surface area contributed by atoms with Gasteiger partial charge in [-0.2, -0.15) is 0 Å². The number of hydrogen-bond donors (Lipinski definition) is 0. The van der Waals surface area contributed by atoms with Gasteiger partial charge in [-0.15, -0.1) is 0 Å². The third-order valence-corrected chi connectivity index (χ3v) is 4.80. The molecule has 2 aromatic rings. The molecule has 0 aliphatic carbocycles. The average molecular weight is 368 g/mol. The summed E-state index contributed by atoms with van der Waals surface area (Å²) in [6.07, 6.45) is 3.04. The first-order valence-electron chi connectivity index (χ1n) is 4.35. The van der Waals surface area contributed by atoms with Crippen LogP contribution < -0.4 is 0 Å². The Morgan fingerprint density at radius 1 is 1.19 bits per heavy atom. The molecule has 1 heterocycles. The monoisotopic (exact) mass is 367 g/mol. The van der Waals surface area contributed by atoms with Gasteiger partial charge in [-0.1, -0.05) is 23.7 Å². The summed E-state index contributed by atoms with van der Waals surface area (Å²) in [6.45, 7) is 0. The van der Waals surface area contributed by atoms with E-state index in [4.69, 9.17) is 11.6 Å². The molecular weight excluding hydrogens is 361 g/mol. The lowest BCUT2D eigenvalue weighted by Crippen LogP contribution is -2.11. The van der Waals surface area contributed by atoms with Gasteiger partial charge in [0, 0.05) is 16.0 Å². The Labute approximate surface area is 112 Å². The zero-order valence-electron chi connectivity index (χ0n) is 7.97. The molecule has 0 aliphatic rings. The largest absolute Gasteiger partial charge is 0.269 e. The maximum atomic E-state index is 12.1. The molecular formula is C10H7ClINO2S. The second kappa shape index (κ2) is 4.38. The number of rotatable bonds is 2. The molecule has 1 aromatic heterocycles. The van der Waals surface area contributed by atoms with Crippen LogP contribution in [0.1, 0.15) is 0 Å². The summed E-state index contributed by atoms with van der Waals surface area (Å²) in [6, 6.07) is 8.11. The summed E-state index contributed by atoms with van der Waals surface area (Å²) >= 11 is 7.92. The maximum Gasteiger partial charge on any atom is 0.269 e. The molecule has 0 saturated heterocycles. The zero-order valence-corrected chi connectivity index (χ0v) is 11.7. The Bertz CT molecular complexity index is 621. The summed E-state index contributed by atoms with van der Waals surface area (Å²) < 4.78 is 26.3. The molecule has 1 aromatic carbocycles. The van der Waals surface area contributed by atoms with Gasteiger partial charge in [0.05, 0.1) is 5.02 Å². The summed E-state index contributed by atoms with van der Waals surface area (Å²) in [5.74, 6) is 0. The van der Waals surface area contributed by atoms with Crippen LogP contribution in [0.3, 0.4) is 0 Å². The molecule has 0 bridgehead atoms. The highest BCUT2D eigenvalue weighted by molar-refractivity contribution is 14.1. The fourth-order valence-corrected chi connectivity index (χ4v) is 3.61. The van der Waals surface area contributed by atoms with Crippen molar-refractivity contribution in [2.24, 2.45) is 0 Å². The van der Waals surface area contributed by atoms with Crippen molar-refractivity contribution in [1.82, 2.24) is 3.97 Å². The van der Waals surface area contributed by atoms with Crippen LogP contribution in [0, 0.1) is 3.57 Å². The van der Waals surface area contributed by atoms with Gasteiger partial charge >= 0.3 is 0 Å². The van der Waals surface area contributed by atoms with Crippen molar-refractivity contribution in [2.75, 3.05) is 0 Å². The number of benzene rings is 1. The minimum Gasteiger partial charge on any atom is -0.248 e. The van der Waals surface area contributed by atoms with E-state index < -0.39 is 10.0 Å². The first-order valence-corrected chi connectivity index (χ1v) is 7.25. The second-order valence-corrected chi connectivity index (χ2v) is 6.56. The summed E-state index contributed by atoms with van der Waals surface area (Å²) in [5, 5.41) is 0.228. The third kappa shape index (κ3) is 2.11. The lowest BCUT2D eigenvalue weighted by Gasteiger charge is -2.06. The lowest BCUT2D eigenvalue weighted by atomic mass is 10.4. The highest BCUT2D eigenvalue weighted by atomic mass is 127. The van der Waals surface area contributed by atoms with Crippen LogP contribution in [0.4, 0.5) is 0 Å². The molecule has 0 saturated carbocycles. The van der Waals surface area contributed by atoms with Gasteiger partial charge in [-0.05, 0) is 40.8 Å². The zero-order chi connectivity index (χ0) is 11.8. The normalized spacial score (nSPS) is 11.6. The van der Waals surface area contributed by atoms with E-state index in [1.807, 2.05) is 0 Å². The molecule has 0 N–H and O–H groups in total. The first-order chi connectivity index (χ1) is 7.51. The van der Waals surface area contributed by atoms with Crippen LogP contribution in [-0.2, 0) is 10.0 Å². The van der Waals surface area contributed by atoms with Crippen molar-refractivity contribution in [2.45, 2.75) is 4.90 Å². The van der Waals surface area contributed by atoms with E-state index in [1.54, 1.807) is 30.5 Å². The van der Waals surface area contributed by atoms with Crippen LogP contribution in [0.15, 0.2) is 47.6 Å². The highest BCUT2D eigenvalue weighted by Crippen LogP contribution is 2.23. The van der Waals surface area contributed by atoms with Crippen molar-refractivity contribution in [3.05, 3.63) is 51.3 Å². The quantitative estimate of drug-likeness (QED) is 0.766. The molecule has 0 fully saturated rings. The van der Waals surface area contributed by atoms with Crippen LogP contribution in [-0.4, -0.2) is 12.4 Å². The van der Waals surface area contributed by atoms with Gasteiger partial charge in [0.15, 0.2) is 0 Å². The topological polar surface area (TPSA) is 39.1 Å². The van der Waals surface area contributed by atoms with Gasteiger partial charge in [-0.3, -0.25) is 0 Å². The van der Waals surface area contributed by atoms with Gasteiger partial charge in [-0.25, -0.2) is 12.4 Å². The third-order valence-electron chi connectivity index (χ3n) is 2.02. The van der Waals surface area contributed by atoms with E-state index in [-0.39, 0.29) is 9.92 Å². The second-order valence-electron chi connectivity index (χ2n) is 3.10. The number of nitrogens with zero attached hydrogens (tertiary/aromatic N) is 1. The molecule has 0 amide bonds. The van der Waals surface area contributed by atoms with Crippen molar-refractivity contribution < 1.29 is 8.42 Å². The van der Waals surface area contributed by atoms with Crippen molar-refractivity contribution >= 4 is 44.2 Å². The Hall–Kier alpha value is -0.530. The Balaban J connectivity index is 2.60. The molecule has 0 unspecified atom stereocenters. The Kier molecular flexibility index (Phi) is 3.27. The van der Waals surface area contributed by atoms with Crippen LogP contribution in [0.25, 0.3) is 0 Å². The maximum absolute atomic E-state index is 12.1. The standard InChI is InChI=1S/C10H7ClINO2S/c11-9-3-1-2-4-10(9)16(14,15)13-6-5-8(12)7-13/h1-7H. The molecule has 0 atom stereocenters. The average Bonchev–Trinajstić information content (AvgIpc) is 2.66. The number of hydrogen-bond acceptors (Lipinski definition) is 2. The van der Waals surface area contributed by atoms with Gasteiger partial charge in [0.1, 0.15) is 4.90 Å². The van der Waals surface area contributed by atoms with E-state index in [1.165, 1.54) is 12.3 Å². The van der Waals surface area contributed by atoms with Gasteiger partial charge < -0.3 is 0 Å². The molecule has 0 spiro atoms. The van der Waals surface area contributed by atoms with Crippen LogP contribution in [0.2, 0.25) is 5.02 Å². The van der Waals surface area contributed by atoms with Crippen molar-refractivity contribution in [1.29, 1.82) is 0 Å². The minimum absolute atomic E-state index is 0.115. The number of halogens is 2. The minimum atomic E-state index is -3.57. The lowest BCUT2D eigenvalue weighted by molar-refractivity contribution is 0.587. The van der Waals surface area contributed by atoms with Gasteiger partial charge in [0.25, 0.3) is 10.0 Å². The molecule has 16 heavy (non-hydrogen) atoms. The van der Waals surface area contributed by atoms with E-state index in [0.717, 1.165) is 7.54 Å². The van der Waals surface area contributed by atoms with E-state index in [0.29, 0.717) is 0 Å². The van der Waals surface area contributed by atoms with Crippen molar-refractivity contribution in [3.8, 4) is 0 Å². The SMILES string of the molecule is O=S(=O)(c1ccccc1Cl)n1ccc(I)c1. The molecule has 0 radical (unpaired) electrons. The smallest absolute Gasteiger partial charge is 0.248 e.